The van der Waals surface area contributed by atoms with Crippen molar-refractivity contribution < 1.29 is 9.53 Å². The van der Waals surface area contributed by atoms with Gasteiger partial charge in [0.1, 0.15) is 0 Å². The molecule has 0 saturated carbocycles. The molecule has 0 saturated heterocycles. The summed E-state index contributed by atoms with van der Waals surface area (Å²) in [7, 11) is 1.55. The highest BCUT2D eigenvalue weighted by Gasteiger charge is 2.06. The highest BCUT2D eigenvalue weighted by atomic mass is 16.5. The van der Waals surface area contributed by atoms with E-state index in [2.05, 4.69) is 20.8 Å². The van der Waals surface area contributed by atoms with Crippen LogP contribution < -0.4 is 15.4 Å². The lowest BCUT2D eigenvalue weighted by molar-refractivity contribution is 0.262. The smallest absolute Gasteiger partial charge is 0.323 e. The minimum atomic E-state index is -0.282. The monoisotopic (exact) mass is 348 g/mol. The van der Waals surface area contributed by atoms with E-state index in [-0.39, 0.29) is 6.03 Å². The average molecular weight is 348 g/mol. The van der Waals surface area contributed by atoms with Crippen LogP contribution in [0.5, 0.6) is 5.88 Å². The summed E-state index contributed by atoms with van der Waals surface area (Å²) in [5.41, 5.74) is 5.23. The molecule has 26 heavy (non-hydrogen) atoms. The minimum absolute atomic E-state index is 0.282. The van der Waals surface area contributed by atoms with E-state index in [4.69, 9.17) is 4.74 Å². The van der Waals surface area contributed by atoms with Gasteiger partial charge in [0.15, 0.2) is 0 Å². The second-order valence-corrected chi connectivity index (χ2v) is 5.94. The van der Waals surface area contributed by atoms with Crippen molar-refractivity contribution in [1.29, 1.82) is 0 Å². The van der Waals surface area contributed by atoms with Gasteiger partial charge in [-0.25, -0.2) is 4.79 Å². The number of ether oxygens (including phenoxy) is 1. The van der Waals surface area contributed by atoms with Crippen molar-refractivity contribution >= 4 is 17.4 Å². The Morgan fingerprint density at radius 3 is 2.35 bits per heavy atom. The Labute approximate surface area is 152 Å². The molecule has 0 aliphatic heterocycles. The highest BCUT2D eigenvalue weighted by Crippen LogP contribution is 2.21. The molecule has 2 amide bonds. The van der Waals surface area contributed by atoms with Crippen molar-refractivity contribution in [3.05, 3.63) is 65.7 Å². The maximum absolute atomic E-state index is 12.2. The molecule has 0 radical (unpaired) electrons. The fourth-order valence-electron chi connectivity index (χ4n) is 2.46. The van der Waals surface area contributed by atoms with Gasteiger partial charge in [0.05, 0.1) is 12.8 Å². The van der Waals surface area contributed by atoms with Gasteiger partial charge in [0.2, 0.25) is 5.88 Å². The first-order valence-corrected chi connectivity index (χ1v) is 8.18. The molecule has 1 heterocycles. The van der Waals surface area contributed by atoms with Crippen LogP contribution in [0.15, 0.2) is 54.6 Å². The number of aryl methyl sites for hydroxylation is 2. The summed E-state index contributed by atoms with van der Waals surface area (Å²) in [5.74, 6) is 0.468. The minimum Gasteiger partial charge on any atom is -0.480 e. The van der Waals surface area contributed by atoms with E-state index in [1.807, 2.05) is 62.4 Å². The zero-order valence-electron chi connectivity index (χ0n) is 14.9. The van der Waals surface area contributed by atoms with Gasteiger partial charge < -0.3 is 15.4 Å². The number of amides is 2. The number of methoxy groups -OCH3 is 1. The summed E-state index contributed by atoms with van der Waals surface area (Å²) in [6, 6.07) is 16.7. The molecule has 2 N–H and O–H groups in total. The number of hydrogen-bond donors (Lipinski definition) is 2. The second-order valence-electron chi connectivity index (χ2n) is 5.94. The van der Waals surface area contributed by atoms with E-state index in [1.54, 1.807) is 13.2 Å². The van der Waals surface area contributed by atoms with Crippen molar-refractivity contribution in [3.8, 4) is 17.1 Å². The SMILES string of the molecule is COc1ccc(-c2ccc(NC(=O)Nc3cc(C)ccc3C)cc2)nn1. The van der Waals surface area contributed by atoms with Gasteiger partial charge in [-0.2, -0.15) is 0 Å². The molecular formula is C20H20N4O2. The number of hydrogen-bond acceptors (Lipinski definition) is 4. The molecule has 0 aliphatic rings. The maximum Gasteiger partial charge on any atom is 0.323 e. The molecule has 0 unspecified atom stereocenters. The Hall–Kier alpha value is -3.41. The number of anilines is 2. The van der Waals surface area contributed by atoms with Crippen molar-refractivity contribution in [2.24, 2.45) is 0 Å². The largest absolute Gasteiger partial charge is 0.480 e. The third kappa shape index (κ3) is 4.16. The third-order valence-corrected chi connectivity index (χ3v) is 3.93. The third-order valence-electron chi connectivity index (χ3n) is 3.93. The summed E-state index contributed by atoms with van der Waals surface area (Å²) < 4.78 is 5.00. The number of nitrogens with zero attached hydrogens (tertiary/aromatic N) is 2. The second kappa shape index (κ2) is 7.65. The Bertz CT molecular complexity index is 906. The number of carbonyl (C=O) groups excluding carboxylic acids is 1. The molecular weight excluding hydrogens is 328 g/mol. The molecule has 3 aromatic rings. The number of aromatic nitrogens is 2. The van der Waals surface area contributed by atoms with Gasteiger partial charge in [-0.05, 0) is 49.2 Å². The lowest BCUT2D eigenvalue weighted by atomic mass is 10.1. The molecule has 6 nitrogen and oxygen atoms in total. The van der Waals surface area contributed by atoms with Crippen LogP contribution in [0.25, 0.3) is 11.3 Å². The Kier molecular flexibility index (Phi) is 5.12. The van der Waals surface area contributed by atoms with Crippen molar-refractivity contribution in [3.63, 3.8) is 0 Å². The van der Waals surface area contributed by atoms with Gasteiger partial charge in [-0.3, -0.25) is 0 Å². The molecule has 132 valence electrons. The first kappa shape index (κ1) is 17.4. The predicted molar refractivity (Wildman–Crippen MR) is 103 cm³/mol. The molecule has 0 fully saturated rings. The van der Waals surface area contributed by atoms with E-state index in [9.17, 15) is 4.79 Å². The number of urea groups is 1. The van der Waals surface area contributed by atoms with Crippen molar-refractivity contribution in [1.82, 2.24) is 10.2 Å². The van der Waals surface area contributed by atoms with Crippen LogP contribution in [-0.4, -0.2) is 23.3 Å². The lowest BCUT2D eigenvalue weighted by Crippen LogP contribution is -2.20. The quantitative estimate of drug-likeness (QED) is 0.732. The van der Waals surface area contributed by atoms with E-state index in [0.29, 0.717) is 11.6 Å². The highest BCUT2D eigenvalue weighted by molar-refractivity contribution is 6.00. The predicted octanol–water partition coefficient (Wildman–Crippen LogP) is 4.41. The molecule has 0 bridgehead atoms. The number of benzene rings is 2. The lowest BCUT2D eigenvalue weighted by Gasteiger charge is -2.11. The molecule has 6 heteroatoms. The van der Waals surface area contributed by atoms with Crippen LogP contribution in [0.4, 0.5) is 16.2 Å². The Balaban J connectivity index is 1.66. The first-order chi connectivity index (χ1) is 12.5. The van der Waals surface area contributed by atoms with E-state index in [1.165, 1.54) is 0 Å². The standard InChI is InChI=1S/C20H20N4O2/c1-13-4-5-14(2)18(12-13)22-20(25)21-16-8-6-15(7-9-16)17-10-11-19(26-3)24-23-17/h4-12H,1-3H3,(H2,21,22,25). The zero-order valence-corrected chi connectivity index (χ0v) is 14.9. The maximum atomic E-state index is 12.2. The van der Waals surface area contributed by atoms with E-state index in [0.717, 1.165) is 28.1 Å². The van der Waals surface area contributed by atoms with Gasteiger partial charge in [-0.15, -0.1) is 10.2 Å². The average Bonchev–Trinajstić information content (AvgIpc) is 2.65. The zero-order chi connectivity index (χ0) is 18.5. The van der Waals surface area contributed by atoms with Crippen LogP contribution in [0.1, 0.15) is 11.1 Å². The van der Waals surface area contributed by atoms with Gasteiger partial charge in [0.25, 0.3) is 0 Å². The first-order valence-electron chi connectivity index (χ1n) is 8.18. The Morgan fingerprint density at radius 1 is 0.923 bits per heavy atom. The number of carbonyl (C=O) groups is 1. The summed E-state index contributed by atoms with van der Waals surface area (Å²) in [4.78, 5) is 12.2. The Morgan fingerprint density at radius 2 is 1.69 bits per heavy atom. The van der Waals surface area contributed by atoms with E-state index < -0.39 is 0 Å². The molecule has 0 aliphatic carbocycles. The normalized spacial score (nSPS) is 10.3. The van der Waals surface area contributed by atoms with E-state index >= 15 is 0 Å². The van der Waals surface area contributed by atoms with Gasteiger partial charge >= 0.3 is 6.03 Å². The van der Waals surface area contributed by atoms with Crippen LogP contribution in [0, 0.1) is 13.8 Å². The number of nitrogens with one attached hydrogen (secondary N) is 2. The van der Waals surface area contributed by atoms with Crippen LogP contribution in [0.2, 0.25) is 0 Å². The summed E-state index contributed by atoms with van der Waals surface area (Å²) in [6.07, 6.45) is 0. The van der Waals surface area contributed by atoms with Gasteiger partial charge in [0, 0.05) is 23.0 Å². The fraction of sp³-hybridized carbons (Fsp3) is 0.150. The molecule has 3 rings (SSSR count). The fourth-order valence-corrected chi connectivity index (χ4v) is 2.46. The number of rotatable bonds is 4. The molecule has 2 aromatic carbocycles. The van der Waals surface area contributed by atoms with Crippen LogP contribution in [0.3, 0.4) is 0 Å². The van der Waals surface area contributed by atoms with Crippen molar-refractivity contribution in [2.75, 3.05) is 17.7 Å². The van der Waals surface area contributed by atoms with Crippen molar-refractivity contribution in [2.45, 2.75) is 13.8 Å². The van der Waals surface area contributed by atoms with Crippen LogP contribution in [-0.2, 0) is 0 Å². The summed E-state index contributed by atoms with van der Waals surface area (Å²) >= 11 is 0. The molecule has 0 atom stereocenters. The summed E-state index contributed by atoms with van der Waals surface area (Å²) in [5, 5.41) is 13.8. The molecule has 0 spiro atoms. The topological polar surface area (TPSA) is 76.1 Å². The molecule has 1 aromatic heterocycles. The van der Waals surface area contributed by atoms with Crippen LogP contribution >= 0.6 is 0 Å². The summed E-state index contributed by atoms with van der Waals surface area (Å²) in [6.45, 7) is 3.95. The van der Waals surface area contributed by atoms with Gasteiger partial charge in [-0.1, -0.05) is 24.3 Å².